The average Bonchev–Trinajstić information content (AvgIpc) is 2.84. The summed E-state index contributed by atoms with van der Waals surface area (Å²) in [6, 6.07) is 4.91. The minimum Gasteiger partial charge on any atom is -0.391 e. The van der Waals surface area contributed by atoms with Crippen LogP contribution in [0, 0.1) is 0 Å². The van der Waals surface area contributed by atoms with Gasteiger partial charge in [0.25, 0.3) is 0 Å². The first kappa shape index (κ1) is 15.8. The summed E-state index contributed by atoms with van der Waals surface area (Å²) in [5.41, 5.74) is 0.0172. The van der Waals surface area contributed by atoms with Crippen LogP contribution in [-0.4, -0.2) is 35.1 Å². The van der Waals surface area contributed by atoms with Crippen molar-refractivity contribution in [1.29, 1.82) is 0 Å². The van der Waals surface area contributed by atoms with Crippen LogP contribution in [0.3, 0.4) is 0 Å². The Bertz CT molecular complexity index is 499. The van der Waals surface area contributed by atoms with E-state index in [2.05, 4.69) is 0 Å². The van der Waals surface area contributed by atoms with E-state index in [0.29, 0.717) is 25.1 Å². The molecule has 0 aliphatic carbocycles. The zero-order valence-corrected chi connectivity index (χ0v) is 11.7. The first-order valence-corrected chi connectivity index (χ1v) is 6.90. The Morgan fingerprint density at radius 3 is 2.48 bits per heavy atom. The number of nitrogens with zero attached hydrogens (tertiary/aromatic N) is 1. The number of amides is 1. The van der Waals surface area contributed by atoms with Crippen molar-refractivity contribution in [2.24, 2.45) is 0 Å². The Kier molecular flexibility index (Phi) is 4.56. The topological polar surface area (TPSA) is 40.5 Å². The van der Waals surface area contributed by atoms with Crippen molar-refractivity contribution in [1.82, 2.24) is 4.90 Å². The fourth-order valence-electron chi connectivity index (χ4n) is 2.48. The van der Waals surface area contributed by atoms with E-state index in [-0.39, 0.29) is 18.2 Å². The first-order chi connectivity index (χ1) is 9.77. The maximum Gasteiger partial charge on any atom is 0.416 e. The molecule has 3 nitrogen and oxygen atoms in total. The summed E-state index contributed by atoms with van der Waals surface area (Å²) in [6.45, 7) is 2.70. The lowest BCUT2D eigenvalue weighted by molar-refractivity contribution is -0.137. The van der Waals surface area contributed by atoms with Gasteiger partial charge in [0.2, 0.25) is 5.91 Å². The molecule has 0 saturated carbocycles. The summed E-state index contributed by atoms with van der Waals surface area (Å²) in [5.74, 6) is -0.225. The van der Waals surface area contributed by atoms with Crippen LogP contribution in [-0.2, 0) is 11.0 Å². The van der Waals surface area contributed by atoms with Crippen molar-refractivity contribution < 1.29 is 23.1 Å². The lowest BCUT2D eigenvalue weighted by Gasteiger charge is -2.19. The van der Waals surface area contributed by atoms with E-state index in [4.69, 9.17) is 0 Å². The number of alkyl halides is 3. The zero-order chi connectivity index (χ0) is 15.6. The Morgan fingerprint density at radius 2 is 2.00 bits per heavy atom. The lowest BCUT2D eigenvalue weighted by atomic mass is 9.96. The van der Waals surface area contributed by atoms with Gasteiger partial charge in [0.15, 0.2) is 0 Å². The molecule has 1 aliphatic heterocycles. The SMILES string of the molecule is CC(CC(=O)N1CC[C@H](O)C1)c1ccc(C(F)(F)F)cc1. The second-order valence-corrected chi connectivity index (χ2v) is 5.51. The molecule has 1 fully saturated rings. The van der Waals surface area contributed by atoms with E-state index in [1.54, 1.807) is 4.90 Å². The van der Waals surface area contributed by atoms with Crippen molar-refractivity contribution in [3.8, 4) is 0 Å². The highest BCUT2D eigenvalue weighted by Crippen LogP contribution is 2.30. The number of hydrogen-bond acceptors (Lipinski definition) is 2. The maximum absolute atomic E-state index is 12.5. The number of hydrogen-bond donors (Lipinski definition) is 1. The molecule has 0 bridgehead atoms. The summed E-state index contributed by atoms with van der Waals surface area (Å²) < 4.78 is 37.5. The monoisotopic (exact) mass is 301 g/mol. The Hall–Kier alpha value is -1.56. The molecule has 1 aromatic rings. The van der Waals surface area contributed by atoms with Gasteiger partial charge in [-0.05, 0) is 30.0 Å². The van der Waals surface area contributed by atoms with Gasteiger partial charge in [-0.25, -0.2) is 0 Å². The van der Waals surface area contributed by atoms with Crippen LogP contribution < -0.4 is 0 Å². The Balaban J connectivity index is 1.97. The molecule has 2 atom stereocenters. The highest BCUT2D eigenvalue weighted by molar-refractivity contribution is 5.77. The molecule has 1 N–H and O–H groups in total. The van der Waals surface area contributed by atoms with Gasteiger partial charge in [-0.3, -0.25) is 4.79 Å². The van der Waals surface area contributed by atoms with E-state index < -0.39 is 17.8 Å². The van der Waals surface area contributed by atoms with E-state index in [9.17, 15) is 23.1 Å². The molecular weight excluding hydrogens is 283 g/mol. The predicted octanol–water partition coefficient (Wildman–Crippen LogP) is 2.79. The van der Waals surface area contributed by atoms with Crippen molar-refractivity contribution in [2.75, 3.05) is 13.1 Å². The summed E-state index contributed by atoms with van der Waals surface area (Å²) >= 11 is 0. The largest absolute Gasteiger partial charge is 0.416 e. The molecule has 1 heterocycles. The van der Waals surface area contributed by atoms with Gasteiger partial charge in [0.05, 0.1) is 11.7 Å². The molecule has 21 heavy (non-hydrogen) atoms. The number of halogens is 3. The molecule has 116 valence electrons. The fraction of sp³-hybridized carbons (Fsp3) is 0.533. The Morgan fingerprint density at radius 1 is 1.38 bits per heavy atom. The minimum atomic E-state index is -4.34. The molecule has 6 heteroatoms. The van der Waals surface area contributed by atoms with Gasteiger partial charge in [-0.15, -0.1) is 0 Å². The standard InChI is InChI=1S/C15H18F3NO2/c1-10(8-14(21)19-7-6-13(20)9-19)11-2-4-12(5-3-11)15(16,17)18/h2-5,10,13,20H,6-9H2,1H3/t10?,13-/m0/s1. The van der Waals surface area contributed by atoms with E-state index in [1.165, 1.54) is 12.1 Å². The minimum absolute atomic E-state index is 0.0704. The Labute approximate surface area is 121 Å². The van der Waals surface area contributed by atoms with Gasteiger partial charge in [-0.1, -0.05) is 19.1 Å². The van der Waals surface area contributed by atoms with Crippen LogP contribution in [0.1, 0.15) is 36.8 Å². The van der Waals surface area contributed by atoms with Crippen LogP contribution >= 0.6 is 0 Å². The molecule has 0 aromatic heterocycles. The number of likely N-dealkylation sites (tertiary alicyclic amines) is 1. The van der Waals surface area contributed by atoms with E-state index in [0.717, 1.165) is 12.1 Å². The molecular formula is C15H18F3NO2. The van der Waals surface area contributed by atoms with Crippen molar-refractivity contribution in [2.45, 2.75) is 38.0 Å². The molecule has 0 radical (unpaired) electrons. The third-order valence-corrected chi connectivity index (χ3v) is 3.80. The second-order valence-electron chi connectivity index (χ2n) is 5.51. The molecule has 1 unspecified atom stereocenters. The van der Waals surface area contributed by atoms with Crippen LogP contribution in [0.5, 0.6) is 0 Å². The number of aliphatic hydroxyl groups is 1. The van der Waals surface area contributed by atoms with Crippen molar-refractivity contribution in [3.63, 3.8) is 0 Å². The number of benzene rings is 1. The number of rotatable bonds is 3. The third kappa shape index (κ3) is 3.97. The summed E-state index contributed by atoms with van der Waals surface area (Å²) in [6.07, 6.45) is -3.99. The first-order valence-electron chi connectivity index (χ1n) is 6.90. The highest BCUT2D eigenvalue weighted by atomic mass is 19.4. The summed E-state index contributed by atoms with van der Waals surface area (Å²) in [5, 5.41) is 9.41. The molecule has 2 rings (SSSR count). The quantitative estimate of drug-likeness (QED) is 0.932. The maximum atomic E-state index is 12.5. The summed E-state index contributed by atoms with van der Waals surface area (Å²) in [4.78, 5) is 13.6. The number of β-amino-alcohol motifs (C(OH)–C–C–N with tert-alkyl or cyclic N) is 1. The second kappa shape index (κ2) is 6.05. The molecule has 1 aliphatic rings. The van der Waals surface area contributed by atoms with Crippen LogP contribution in [0.25, 0.3) is 0 Å². The van der Waals surface area contributed by atoms with Gasteiger partial charge < -0.3 is 10.0 Å². The van der Waals surface area contributed by atoms with Gasteiger partial charge in [0, 0.05) is 19.5 Å². The van der Waals surface area contributed by atoms with Gasteiger partial charge >= 0.3 is 6.18 Å². The van der Waals surface area contributed by atoms with Crippen molar-refractivity contribution >= 4 is 5.91 Å². The lowest BCUT2D eigenvalue weighted by Crippen LogP contribution is -2.30. The molecule has 1 saturated heterocycles. The number of carbonyl (C=O) groups excluding carboxylic acids is 1. The fourth-order valence-corrected chi connectivity index (χ4v) is 2.48. The zero-order valence-electron chi connectivity index (χ0n) is 11.7. The van der Waals surface area contributed by atoms with Crippen LogP contribution in [0.2, 0.25) is 0 Å². The van der Waals surface area contributed by atoms with Crippen LogP contribution in [0.4, 0.5) is 13.2 Å². The molecule has 1 amide bonds. The molecule has 0 spiro atoms. The predicted molar refractivity (Wildman–Crippen MR) is 71.7 cm³/mol. The van der Waals surface area contributed by atoms with Crippen LogP contribution in [0.15, 0.2) is 24.3 Å². The molecule has 1 aromatic carbocycles. The normalized spacial score (nSPS) is 20.6. The third-order valence-electron chi connectivity index (χ3n) is 3.80. The van der Waals surface area contributed by atoms with E-state index in [1.807, 2.05) is 6.92 Å². The smallest absolute Gasteiger partial charge is 0.391 e. The number of carbonyl (C=O) groups is 1. The van der Waals surface area contributed by atoms with Gasteiger partial charge in [0.1, 0.15) is 0 Å². The van der Waals surface area contributed by atoms with Crippen molar-refractivity contribution in [3.05, 3.63) is 35.4 Å². The number of aliphatic hydroxyl groups excluding tert-OH is 1. The summed E-state index contributed by atoms with van der Waals surface area (Å²) in [7, 11) is 0. The van der Waals surface area contributed by atoms with E-state index >= 15 is 0 Å². The highest BCUT2D eigenvalue weighted by Gasteiger charge is 2.30. The van der Waals surface area contributed by atoms with Gasteiger partial charge in [-0.2, -0.15) is 13.2 Å². The average molecular weight is 301 g/mol.